The summed E-state index contributed by atoms with van der Waals surface area (Å²) in [6, 6.07) is 0. The van der Waals surface area contributed by atoms with E-state index in [-0.39, 0.29) is 31.1 Å². The molecule has 0 aliphatic rings. The lowest BCUT2D eigenvalue weighted by molar-refractivity contribution is -0.167. The molecule has 0 aliphatic heterocycles. The first-order valence-corrected chi connectivity index (χ1v) is 37.5. The SMILES string of the molecule is CCCCCC/C=C\C/C=C\CCCCCCCC(=O)OCC(COC(=O)CCCCCCCCCCCCCCCCCCCCCCCCCCCCCCCC)OC(=O)CCCCCCCCCCC/C=C\CCCCCCCC. The van der Waals surface area contributed by atoms with Gasteiger partial charge >= 0.3 is 17.9 Å². The maximum atomic E-state index is 13.0. The van der Waals surface area contributed by atoms with E-state index in [1.54, 1.807) is 0 Å². The smallest absolute Gasteiger partial charge is 0.306 e. The average Bonchev–Trinajstić information content (AvgIpc) is 3.50. The van der Waals surface area contributed by atoms with Gasteiger partial charge in [-0.1, -0.05) is 359 Å². The van der Waals surface area contributed by atoms with E-state index in [9.17, 15) is 14.4 Å². The van der Waals surface area contributed by atoms with Gasteiger partial charge in [-0.25, -0.2) is 0 Å². The van der Waals surface area contributed by atoms with Gasteiger partial charge in [0.15, 0.2) is 6.10 Å². The van der Waals surface area contributed by atoms with E-state index in [0.717, 1.165) is 77.0 Å². The fourth-order valence-electron chi connectivity index (χ4n) is 11.5. The van der Waals surface area contributed by atoms with Crippen LogP contribution in [0.15, 0.2) is 36.5 Å². The van der Waals surface area contributed by atoms with Crippen molar-refractivity contribution in [2.24, 2.45) is 0 Å². The number of hydrogen-bond acceptors (Lipinski definition) is 6. The number of carbonyl (C=O) groups excluding carboxylic acids is 3. The van der Waals surface area contributed by atoms with Crippen molar-refractivity contribution in [3.8, 4) is 0 Å². The van der Waals surface area contributed by atoms with Gasteiger partial charge in [0.05, 0.1) is 0 Å². The summed E-state index contributed by atoms with van der Waals surface area (Å²) in [6.07, 6.45) is 90.5. The molecule has 1 unspecified atom stereocenters. The van der Waals surface area contributed by atoms with E-state index in [0.29, 0.717) is 19.3 Å². The van der Waals surface area contributed by atoms with Crippen LogP contribution < -0.4 is 0 Å². The van der Waals surface area contributed by atoms with Crippen LogP contribution in [-0.4, -0.2) is 37.2 Å². The van der Waals surface area contributed by atoms with Gasteiger partial charge in [-0.3, -0.25) is 14.4 Å². The Kier molecular flexibility index (Phi) is 70.0. The Balaban J connectivity index is 4.21. The number of unbranched alkanes of at least 4 members (excludes halogenated alkanes) is 53. The zero-order valence-electron chi connectivity index (χ0n) is 56.2. The Labute approximate surface area is 518 Å². The van der Waals surface area contributed by atoms with Gasteiger partial charge in [-0.05, 0) is 77.0 Å². The number of rotatable bonds is 70. The lowest BCUT2D eigenvalue weighted by Crippen LogP contribution is -2.30. The predicted octanol–water partition coefficient (Wildman–Crippen LogP) is 25.9. The molecule has 1 atom stereocenters. The first-order valence-electron chi connectivity index (χ1n) is 37.5. The van der Waals surface area contributed by atoms with E-state index < -0.39 is 6.10 Å². The van der Waals surface area contributed by atoms with Crippen LogP contribution in [-0.2, 0) is 28.6 Å². The third-order valence-electron chi connectivity index (χ3n) is 17.1. The number of esters is 3. The predicted molar refractivity (Wildman–Crippen MR) is 362 cm³/mol. The van der Waals surface area contributed by atoms with Crippen molar-refractivity contribution in [1.82, 2.24) is 0 Å². The van der Waals surface area contributed by atoms with Gasteiger partial charge in [0.25, 0.3) is 0 Å². The maximum Gasteiger partial charge on any atom is 0.306 e. The molecule has 0 aromatic carbocycles. The van der Waals surface area contributed by atoms with Gasteiger partial charge in [0.1, 0.15) is 13.2 Å². The third-order valence-corrected chi connectivity index (χ3v) is 17.1. The van der Waals surface area contributed by atoms with Crippen molar-refractivity contribution < 1.29 is 28.6 Å². The van der Waals surface area contributed by atoms with Crippen LogP contribution in [0.5, 0.6) is 0 Å². The summed E-state index contributed by atoms with van der Waals surface area (Å²) in [5.41, 5.74) is 0. The monoisotopic (exact) mass is 1170 g/mol. The topological polar surface area (TPSA) is 78.9 Å². The van der Waals surface area contributed by atoms with Crippen molar-refractivity contribution in [2.45, 2.75) is 425 Å². The van der Waals surface area contributed by atoms with Gasteiger partial charge in [0, 0.05) is 19.3 Å². The standard InChI is InChI=1S/C77H144O6/c1-4-7-10-13-16-19-22-25-28-31-33-34-35-36-37-38-39-40-41-42-43-45-46-49-52-55-58-61-64-67-70-76(79)82-73-74(72-81-75(78)69-66-63-60-57-54-51-48-30-27-24-21-18-15-12-9-6-3)83-77(80)71-68-65-62-59-56-53-50-47-44-32-29-26-23-20-17-14-11-8-5-2/h21,24,26,29-30,48,74H,4-20,22-23,25,27-28,31-47,49-73H2,1-3H3/b24-21-,29-26-,48-30-. The molecule has 0 amide bonds. The number of hydrogen-bond donors (Lipinski definition) is 0. The average molecular weight is 1170 g/mol. The molecule has 0 bridgehead atoms. The molecular formula is C77H144O6. The van der Waals surface area contributed by atoms with Crippen LogP contribution in [0.25, 0.3) is 0 Å². The number of allylic oxidation sites excluding steroid dienone is 6. The van der Waals surface area contributed by atoms with Crippen LogP contribution in [0.2, 0.25) is 0 Å². The Morgan fingerprint density at radius 1 is 0.241 bits per heavy atom. The van der Waals surface area contributed by atoms with E-state index in [1.807, 2.05) is 0 Å². The van der Waals surface area contributed by atoms with Gasteiger partial charge in [0.2, 0.25) is 0 Å². The Morgan fingerprint density at radius 3 is 0.687 bits per heavy atom. The fraction of sp³-hybridized carbons (Fsp3) is 0.883. The lowest BCUT2D eigenvalue weighted by Gasteiger charge is -2.18. The molecule has 6 heteroatoms. The van der Waals surface area contributed by atoms with E-state index >= 15 is 0 Å². The van der Waals surface area contributed by atoms with Crippen molar-refractivity contribution in [2.75, 3.05) is 13.2 Å². The lowest BCUT2D eigenvalue weighted by atomic mass is 10.0. The second kappa shape index (κ2) is 72.1. The molecule has 0 spiro atoms. The van der Waals surface area contributed by atoms with E-state index in [2.05, 4.69) is 57.2 Å². The molecule has 0 saturated carbocycles. The molecular weight excluding hydrogens is 1020 g/mol. The van der Waals surface area contributed by atoms with Gasteiger partial charge in [-0.15, -0.1) is 0 Å². The molecule has 0 heterocycles. The molecule has 0 aromatic heterocycles. The Bertz CT molecular complexity index is 1380. The Morgan fingerprint density at radius 2 is 0.434 bits per heavy atom. The quantitative estimate of drug-likeness (QED) is 0.0261. The molecule has 0 radical (unpaired) electrons. The third kappa shape index (κ3) is 70.3. The zero-order chi connectivity index (χ0) is 59.9. The molecule has 0 aromatic rings. The molecule has 0 aliphatic carbocycles. The first kappa shape index (κ1) is 80.6. The zero-order valence-corrected chi connectivity index (χ0v) is 56.2. The summed E-state index contributed by atoms with van der Waals surface area (Å²) in [7, 11) is 0. The van der Waals surface area contributed by atoms with E-state index in [4.69, 9.17) is 14.2 Å². The van der Waals surface area contributed by atoms with Gasteiger partial charge in [-0.2, -0.15) is 0 Å². The molecule has 488 valence electrons. The molecule has 6 nitrogen and oxygen atoms in total. The summed E-state index contributed by atoms with van der Waals surface area (Å²) in [6.45, 7) is 6.69. The minimum absolute atomic E-state index is 0.0727. The molecule has 83 heavy (non-hydrogen) atoms. The maximum absolute atomic E-state index is 13.0. The minimum atomic E-state index is -0.779. The highest BCUT2D eigenvalue weighted by molar-refractivity contribution is 5.71. The number of ether oxygens (including phenoxy) is 3. The number of carbonyl (C=O) groups is 3. The summed E-state index contributed by atoms with van der Waals surface area (Å²) >= 11 is 0. The molecule has 0 fully saturated rings. The molecule has 0 N–H and O–H groups in total. The minimum Gasteiger partial charge on any atom is -0.462 e. The van der Waals surface area contributed by atoms with Crippen molar-refractivity contribution in [3.63, 3.8) is 0 Å². The van der Waals surface area contributed by atoms with Crippen LogP contribution >= 0.6 is 0 Å². The van der Waals surface area contributed by atoms with Gasteiger partial charge < -0.3 is 14.2 Å². The van der Waals surface area contributed by atoms with Crippen LogP contribution in [0.4, 0.5) is 0 Å². The summed E-state index contributed by atoms with van der Waals surface area (Å²) in [4.78, 5) is 38.5. The Hall–Kier alpha value is -2.37. The summed E-state index contributed by atoms with van der Waals surface area (Å²) in [5.74, 6) is -0.859. The van der Waals surface area contributed by atoms with Crippen molar-refractivity contribution in [3.05, 3.63) is 36.5 Å². The fourth-order valence-corrected chi connectivity index (χ4v) is 11.5. The second-order valence-corrected chi connectivity index (χ2v) is 25.6. The summed E-state index contributed by atoms with van der Waals surface area (Å²) in [5, 5.41) is 0. The van der Waals surface area contributed by atoms with Crippen LogP contribution in [0.3, 0.4) is 0 Å². The van der Waals surface area contributed by atoms with Crippen molar-refractivity contribution in [1.29, 1.82) is 0 Å². The normalized spacial score (nSPS) is 12.2. The highest BCUT2D eigenvalue weighted by atomic mass is 16.6. The van der Waals surface area contributed by atoms with Crippen LogP contribution in [0, 0.1) is 0 Å². The van der Waals surface area contributed by atoms with Crippen LogP contribution in [0.1, 0.15) is 419 Å². The first-order chi connectivity index (χ1) is 41.0. The largest absolute Gasteiger partial charge is 0.462 e. The summed E-state index contributed by atoms with van der Waals surface area (Å²) < 4.78 is 17.0. The molecule has 0 saturated heterocycles. The van der Waals surface area contributed by atoms with Crippen molar-refractivity contribution >= 4 is 17.9 Å². The molecule has 0 rings (SSSR count). The second-order valence-electron chi connectivity index (χ2n) is 25.6. The highest BCUT2D eigenvalue weighted by Gasteiger charge is 2.20. The van der Waals surface area contributed by atoms with E-state index in [1.165, 1.54) is 302 Å². The highest BCUT2D eigenvalue weighted by Crippen LogP contribution is 2.19.